The predicted molar refractivity (Wildman–Crippen MR) is 102 cm³/mol. The molecule has 7 heteroatoms. The lowest BCUT2D eigenvalue weighted by molar-refractivity contribution is -0.119. The zero-order chi connectivity index (χ0) is 20.1. The second-order valence-corrected chi connectivity index (χ2v) is 7.13. The van der Waals surface area contributed by atoms with E-state index >= 15 is 0 Å². The number of ether oxygens (including phenoxy) is 1. The van der Waals surface area contributed by atoms with Crippen LogP contribution in [0.5, 0.6) is 0 Å². The van der Waals surface area contributed by atoms with Gasteiger partial charge in [-0.3, -0.25) is 4.79 Å². The van der Waals surface area contributed by atoms with Crippen molar-refractivity contribution in [1.82, 2.24) is 10.6 Å². The summed E-state index contributed by atoms with van der Waals surface area (Å²) >= 11 is 0. The standard InChI is InChI=1S/C21H25F2N3O2/c1-13(27)26-20(8-14-6-16(22)9-17(23)7-14)19(24)10-25-21-12-28-11-15-4-2-3-5-18(15)21/h2-7,9,19-21,25H,8,10-12,24H2,1H3,(H,26,27). The Morgan fingerprint density at radius 3 is 2.68 bits per heavy atom. The first-order valence-electron chi connectivity index (χ1n) is 9.29. The van der Waals surface area contributed by atoms with Gasteiger partial charge >= 0.3 is 0 Å². The number of benzene rings is 2. The van der Waals surface area contributed by atoms with E-state index in [1.807, 2.05) is 18.2 Å². The van der Waals surface area contributed by atoms with Crippen molar-refractivity contribution in [3.05, 3.63) is 70.8 Å². The Balaban J connectivity index is 1.66. The maximum atomic E-state index is 13.5. The molecule has 150 valence electrons. The van der Waals surface area contributed by atoms with Crippen molar-refractivity contribution >= 4 is 5.91 Å². The summed E-state index contributed by atoms with van der Waals surface area (Å²) < 4.78 is 32.6. The number of fused-ring (bicyclic) bond motifs is 1. The third kappa shape index (κ3) is 5.34. The van der Waals surface area contributed by atoms with E-state index in [4.69, 9.17) is 10.5 Å². The second-order valence-electron chi connectivity index (χ2n) is 7.13. The van der Waals surface area contributed by atoms with E-state index in [-0.39, 0.29) is 18.4 Å². The van der Waals surface area contributed by atoms with Crippen LogP contribution < -0.4 is 16.4 Å². The summed E-state index contributed by atoms with van der Waals surface area (Å²) in [7, 11) is 0. The first-order chi connectivity index (χ1) is 13.4. The molecule has 2 aromatic carbocycles. The number of nitrogens with one attached hydrogen (secondary N) is 2. The number of carbonyl (C=O) groups is 1. The van der Waals surface area contributed by atoms with Gasteiger partial charge in [0.05, 0.1) is 19.3 Å². The first kappa shape index (κ1) is 20.4. The molecule has 0 spiro atoms. The summed E-state index contributed by atoms with van der Waals surface area (Å²) in [6.07, 6.45) is 0.231. The molecule has 1 aliphatic rings. The van der Waals surface area contributed by atoms with Crippen LogP contribution in [0.2, 0.25) is 0 Å². The highest BCUT2D eigenvalue weighted by molar-refractivity contribution is 5.73. The van der Waals surface area contributed by atoms with E-state index in [2.05, 4.69) is 16.7 Å². The largest absolute Gasteiger partial charge is 0.375 e. The second kappa shape index (κ2) is 9.23. The fourth-order valence-corrected chi connectivity index (χ4v) is 3.52. The number of amides is 1. The minimum absolute atomic E-state index is 0.000548. The minimum atomic E-state index is -0.653. The van der Waals surface area contributed by atoms with Crippen molar-refractivity contribution in [3.63, 3.8) is 0 Å². The van der Waals surface area contributed by atoms with Crippen molar-refractivity contribution in [1.29, 1.82) is 0 Å². The molecule has 3 rings (SSSR count). The molecule has 0 aromatic heterocycles. The molecular weight excluding hydrogens is 364 g/mol. The maximum absolute atomic E-state index is 13.5. The molecule has 3 unspecified atom stereocenters. The molecule has 0 fully saturated rings. The Kier molecular flexibility index (Phi) is 6.72. The van der Waals surface area contributed by atoms with Crippen molar-refractivity contribution in [2.45, 2.75) is 38.1 Å². The number of hydrogen-bond donors (Lipinski definition) is 3. The summed E-state index contributed by atoms with van der Waals surface area (Å²) in [5, 5.41) is 6.18. The third-order valence-corrected chi connectivity index (χ3v) is 4.86. The lowest BCUT2D eigenvalue weighted by Gasteiger charge is -2.30. The van der Waals surface area contributed by atoms with E-state index in [0.29, 0.717) is 25.3 Å². The van der Waals surface area contributed by atoms with E-state index in [0.717, 1.165) is 11.6 Å². The summed E-state index contributed by atoms with van der Waals surface area (Å²) in [6, 6.07) is 10.4. The van der Waals surface area contributed by atoms with Crippen LogP contribution in [0.1, 0.15) is 29.7 Å². The van der Waals surface area contributed by atoms with Gasteiger partial charge in [-0.15, -0.1) is 0 Å². The SMILES string of the molecule is CC(=O)NC(Cc1cc(F)cc(F)c1)C(N)CNC1COCc2ccccc21. The lowest BCUT2D eigenvalue weighted by atomic mass is 9.97. The van der Waals surface area contributed by atoms with Gasteiger partial charge in [-0.25, -0.2) is 8.78 Å². The zero-order valence-electron chi connectivity index (χ0n) is 15.8. The molecule has 4 N–H and O–H groups in total. The lowest BCUT2D eigenvalue weighted by Crippen LogP contribution is -2.53. The van der Waals surface area contributed by atoms with Gasteiger partial charge in [0.15, 0.2) is 0 Å². The Bertz CT molecular complexity index is 811. The van der Waals surface area contributed by atoms with E-state index in [1.165, 1.54) is 24.6 Å². The van der Waals surface area contributed by atoms with Crippen LogP contribution >= 0.6 is 0 Å². The van der Waals surface area contributed by atoms with Gasteiger partial charge in [0.2, 0.25) is 5.91 Å². The monoisotopic (exact) mass is 389 g/mol. The smallest absolute Gasteiger partial charge is 0.217 e. The molecule has 0 saturated carbocycles. The van der Waals surface area contributed by atoms with E-state index in [1.54, 1.807) is 0 Å². The van der Waals surface area contributed by atoms with E-state index < -0.39 is 23.7 Å². The van der Waals surface area contributed by atoms with Gasteiger partial charge in [0.25, 0.3) is 0 Å². The van der Waals surface area contributed by atoms with Crippen LogP contribution in [0.3, 0.4) is 0 Å². The van der Waals surface area contributed by atoms with Gasteiger partial charge in [-0.1, -0.05) is 24.3 Å². The van der Waals surface area contributed by atoms with Gasteiger partial charge in [-0.2, -0.15) is 0 Å². The molecule has 0 aliphatic carbocycles. The molecule has 3 atom stereocenters. The molecule has 0 bridgehead atoms. The Hall–Kier alpha value is -2.35. The number of rotatable bonds is 7. The Labute approximate surface area is 163 Å². The van der Waals surface area contributed by atoms with Gasteiger partial charge in [0.1, 0.15) is 11.6 Å². The highest BCUT2D eigenvalue weighted by Crippen LogP contribution is 2.24. The van der Waals surface area contributed by atoms with Crippen LogP contribution in [0.4, 0.5) is 8.78 Å². The summed E-state index contributed by atoms with van der Waals surface area (Å²) in [4.78, 5) is 11.6. The summed E-state index contributed by atoms with van der Waals surface area (Å²) in [5.74, 6) is -1.55. The quantitative estimate of drug-likeness (QED) is 0.679. The highest BCUT2D eigenvalue weighted by Gasteiger charge is 2.24. The summed E-state index contributed by atoms with van der Waals surface area (Å²) in [6.45, 7) is 2.92. The van der Waals surface area contributed by atoms with Gasteiger partial charge in [-0.05, 0) is 35.2 Å². The topological polar surface area (TPSA) is 76.4 Å². The van der Waals surface area contributed by atoms with E-state index in [9.17, 15) is 13.6 Å². The minimum Gasteiger partial charge on any atom is -0.375 e. The van der Waals surface area contributed by atoms with Crippen LogP contribution in [-0.4, -0.2) is 31.1 Å². The Morgan fingerprint density at radius 2 is 1.96 bits per heavy atom. The van der Waals surface area contributed by atoms with Gasteiger partial charge in [0, 0.05) is 31.6 Å². The molecule has 28 heavy (non-hydrogen) atoms. The third-order valence-electron chi connectivity index (χ3n) is 4.86. The van der Waals surface area contributed by atoms with Gasteiger partial charge < -0.3 is 21.1 Å². The normalized spacial score (nSPS) is 18.2. The first-order valence-corrected chi connectivity index (χ1v) is 9.29. The number of halogens is 2. The highest BCUT2D eigenvalue weighted by atomic mass is 19.1. The molecule has 1 heterocycles. The average Bonchev–Trinajstić information content (AvgIpc) is 2.64. The number of carbonyl (C=O) groups excluding carboxylic acids is 1. The van der Waals surface area contributed by atoms with Crippen LogP contribution in [0, 0.1) is 11.6 Å². The Morgan fingerprint density at radius 1 is 1.25 bits per heavy atom. The van der Waals surface area contributed by atoms with Crippen LogP contribution in [0.25, 0.3) is 0 Å². The molecular formula is C21H25F2N3O2. The number of hydrogen-bond acceptors (Lipinski definition) is 4. The predicted octanol–water partition coefficient (Wildman–Crippen LogP) is 2.20. The fraction of sp³-hybridized carbons (Fsp3) is 0.381. The van der Waals surface area contributed by atoms with Crippen molar-refractivity contribution < 1.29 is 18.3 Å². The van der Waals surface area contributed by atoms with Crippen molar-refractivity contribution in [3.8, 4) is 0 Å². The molecule has 1 amide bonds. The molecule has 0 radical (unpaired) electrons. The summed E-state index contributed by atoms with van der Waals surface area (Å²) in [5.41, 5.74) is 9.07. The van der Waals surface area contributed by atoms with Crippen LogP contribution in [-0.2, 0) is 22.6 Å². The average molecular weight is 389 g/mol. The molecule has 2 aromatic rings. The maximum Gasteiger partial charge on any atom is 0.217 e. The number of nitrogens with two attached hydrogens (primary N) is 1. The molecule has 5 nitrogen and oxygen atoms in total. The zero-order valence-corrected chi connectivity index (χ0v) is 15.8. The van der Waals surface area contributed by atoms with Crippen molar-refractivity contribution in [2.24, 2.45) is 5.73 Å². The van der Waals surface area contributed by atoms with Crippen molar-refractivity contribution in [2.75, 3.05) is 13.2 Å². The molecule has 0 saturated heterocycles. The fourth-order valence-electron chi connectivity index (χ4n) is 3.52. The molecule has 1 aliphatic heterocycles. The van der Waals surface area contributed by atoms with Crippen LogP contribution in [0.15, 0.2) is 42.5 Å².